The summed E-state index contributed by atoms with van der Waals surface area (Å²) in [7, 11) is 0. The lowest BCUT2D eigenvalue weighted by Crippen LogP contribution is -2.19. The Morgan fingerprint density at radius 2 is 1.59 bits per heavy atom. The number of nitrogens with zero attached hydrogens (tertiary/aromatic N) is 2. The fraction of sp³-hybridized carbons (Fsp3) is 0.190. The molecule has 32 heavy (non-hydrogen) atoms. The summed E-state index contributed by atoms with van der Waals surface area (Å²) in [5.41, 5.74) is 0.913. The fourth-order valence-electron chi connectivity index (χ4n) is 2.77. The molecule has 1 heterocycles. The normalized spacial score (nSPS) is 11.1. The molecule has 3 aromatic rings. The van der Waals surface area contributed by atoms with Gasteiger partial charge in [-0.05, 0) is 56.3 Å². The van der Waals surface area contributed by atoms with Gasteiger partial charge in [-0.2, -0.15) is 18.2 Å². The Labute approximate surface area is 187 Å². The van der Waals surface area contributed by atoms with E-state index in [2.05, 4.69) is 31.2 Å². The molecule has 7 nitrogen and oxygen atoms in total. The van der Waals surface area contributed by atoms with Crippen molar-refractivity contribution in [1.29, 1.82) is 0 Å². The first-order valence-electron chi connectivity index (χ1n) is 9.55. The van der Waals surface area contributed by atoms with Gasteiger partial charge in [-0.1, -0.05) is 11.6 Å². The van der Waals surface area contributed by atoms with Gasteiger partial charge in [0.25, 0.3) is 0 Å². The van der Waals surface area contributed by atoms with Gasteiger partial charge in [0.1, 0.15) is 5.82 Å². The van der Waals surface area contributed by atoms with Crippen LogP contribution >= 0.6 is 11.6 Å². The molecule has 0 fully saturated rings. The number of aryl methyl sites for hydroxylation is 1. The number of nitrogens with one attached hydrogen (secondary N) is 4. The second-order valence-electron chi connectivity index (χ2n) is 6.72. The van der Waals surface area contributed by atoms with Crippen LogP contribution in [0.4, 0.5) is 46.8 Å². The molecule has 0 aliphatic heterocycles. The van der Waals surface area contributed by atoms with Gasteiger partial charge in [-0.3, -0.25) is 0 Å². The topological polar surface area (TPSA) is 91.0 Å². The molecule has 1 aromatic heterocycles. The van der Waals surface area contributed by atoms with Gasteiger partial charge >= 0.3 is 12.2 Å². The summed E-state index contributed by atoms with van der Waals surface area (Å²) in [4.78, 5) is 20.8. The minimum atomic E-state index is -4.62. The van der Waals surface area contributed by atoms with E-state index in [9.17, 15) is 18.0 Å². The fourth-order valence-corrected chi connectivity index (χ4v) is 2.99. The van der Waals surface area contributed by atoms with Gasteiger partial charge < -0.3 is 21.3 Å². The van der Waals surface area contributed by atoms with Crippen LogP contribution in [0.5, 0.6) is 0 Å². The van der Waals surface area contributed by atoms with Crippen LogP contribution in [0.2, 0.25) is 5.02 Å². The summed E-state index contributed by atoms with van der Waals surface area (Å²) in [6.45, 7) is 4.50. The summed E-state index contributed by atoms with van der Waals surface area (Å²) in [5.74, 6) is 1.12. The van der Waals surface area contributed by atoms with Crippen LogP contribution in [-0.2, 0) is 6.18 Å². The molecule has 0 atom stereocenters. The van der Waals surface area contributed by atoms with Crippen molar-refractivity contribution < 1.29 is 18.0 Å². The lowest BCUT2D eigenvalue weighted by molar-refractivity contribution is -0.137. The van der Waals surface area contributed by atoms with Crippen LogP contribution < -0.4 is 21.3 Å². The quantitative estimate of drug-likeness (QED) is 0.345. The number of carbonyl (C=O) groups is 1. The Kier molecular flexibility index (Phi) is 7.04. The highest BCUT2D eigenvalue weighted by atomic mass is 35.5. The summed E-state index contributed by atoms with van der Waals surface area (Å²) in [5, 5.41) is 10.7. The third-order valence-electron chi connectivity index (χ3n) is 4.13. The second-order valence-corrected chi connectivity index (χ2v) is 7.13. The van der Waals surface area contributed by atoms with Crippen molar-refractivity contribution in [2.45, 2.75) is 20.0 Å². The summed E-state index contributed by atoms with van der Waals surface area (Å²) in [6.07, 6.45) is -4.62. The van der Waals surface area contributed by atoms with E-state index in [4.69, 9.17) is 11.6 Å². The van der Waals surface area contributed by atoms with E-state index in [1.807, 2.05) is 13.8 Å². The average molecular weight is 465 g/mol. The van der Waals surface area contributed by atoms with Crippen LogP contribution in [-0.4, -0.2) is 22.5 Å². The molecule has 0 saturated heterocycles. The van der Waals surface area contributed by atoms with E-state index < -0.39 is 22.8 Å². The molecule has 168 valence electrons. The molecule has 2 aromatic carbocycles. The first-order chi connectivity index (χ1) is 15.1. The molecule has 0 bridgehead atoms. The highest BCUT2D eigenvalue weighted by Gasteiger charge is 2.33. The first kappa shape index (κ1) is 23.1. The Morgan fingerprint density at radius 1 is 0.969 bits per heavy atom. The zero-order chi connectivity index (χ0) is 23.3. The zero-order valence-corrected chi connectivity index (χ0v) is 17.9. The molecule has 11 heteroatoms. The minimum Gasteiger partial charge on any atom is -0.354 e. The van der Waals surface area contributed by atoms with Crippen molar-refractivity contribution in [2.75, 3.05) is 27.8 Å². The average Bonchev–Trinajstić information content (AvgIpc) is 2.70. The maximum Gasteiger partial charge on any atom is 0.417 e. The number of hydrogen-bond acceptors (Lipinski definition) is 5. The van der Waals surface area contributed by atoms with Crippen molar-refractivity contribution in [3.8, 4) is 0 Å². The van der Waals surface area contributed by atoms with Crippen molar-refractivity contribution in [2.24, 2.45) is 0 Å². The van der Waals surface area contributed by atoms with Crippen molar-refractivity contribution in [3.05, 3.63) is 64.8 Å². The highest BCUT2D eigenvalue weighted by molar-refractivity contribution is 6.31. The summed E-state index contributed by atoms with van der Waals surface area (Å²) >= 11 is 5.59. The van der Waals surface area contributed by atoms with Crippen molar-refractivity contribution in [1.82, 2.24) is 9.97 Å². The Morgan fingerprint density at radius 3 is 2.25 bits per heavy atom. The van der Waals surface area contributed by atoms with Crippen LogP contribution in [0, 0.1) is 6.92 Å². The number of amides is 2. The van der Waals surface area contributed by atoms with Gasteiger partial charge in [-0.15, -0.1) is 0 Å². The minimum absolute atomic E-state index is 0.0341. The van der Waals surface area contributed by atoms with E-state index in [1.165, 1.54) is 6.07 Å². The zero-order valence-electron chi connectivity index (χ0n) is 17.1. The van der Waals surface area contributed by atoms with Crippen LogP contribution in [0.3, 0.4) is 0 Å². The largest absolute Gasteiger partial charge is 0.417 e. The van der Waals surface area contributed by atoms with E-state index in [-0.39, 0.29) is 5.69 Å². The standard InChI is InChI=1S/C21H20ClF3N6O/c1-3-26-19-27-12(2)10-18(31-19)28-13-4-6-14(7-5-13)29-20(32)30-15-8-9-17(22)16(11-15)21(23,24)25/h4-11H,3H2,1-2H3,(H2,29,30,32)(H2,26,27,28,31). The maximum atomic E-state index is 13.0. The predicted molar refractivity (Wildman–Crippen MR) is 120 cm³/mol. The van der Waals surface area contributed by atoms with Crippen molar-refractivity contribution in [3.63, 3.8) is 0 Å². The second kappa shape index (κ2) is 9.73. The van der Waals surface area contributed by atoms with E-state index in [0.29, 0.717) is 24.0 Å². The third-order valence-corrected chi connectivity index (χ3v) is 4.46. The van der Waals surface area contributed by atoms with E-state index >= 15 is 0 Å². The van der Waals surface area contributed by atoms with E-state index in [1.54, 1.807) is 30.3 Å². The van der Waals surface area contributed by atoms with Crippen LogP contribution in [0.1, 0.15) is 18.2 Å². The van der Waals surface area contributed by atoms with E-state index in [0.717, 1.165) is 23.5 Å². The SMILES string of the molecule is CCNc1nc(C)cc(Nc2ccc(NC(=O)Nc3ccc(Cl)c(C(F)(F)F)c3)cc2)n1. The summed E-state index contributed by atoms with van der Waals surface area (Å²) in [6, 6.07) is 11.0. The lowest BCUT2D eigenvalue weighted by atomic mass is 10.2. The van der Waals surface area contributed by atoms with Gasteiger partial charge in [0, 0.05) is 35.4 Å². The Balaban J connectivity index is 1.63. The molecule has 4 N–H and O–H groups in total. The van der Waals surface area contributed by atoms with Gasteiger partial charge in [-0.25, -0.2) is 9.78 Å². The first-order valence-corrected chi connectivity index (χ1v) is 9.93. The Hall–Kier alpha value is -3.53. The molecular weight excluding hydrogens is 445 g/mol. The molecule has 0 unspecified atom stereocenters. The number of halogens is 4. The Bertz CT molecular complexity index is 1110. The van der Waals surface area contributed by atoms with Gasteiger partial charge in [0.15, 0.2) is 0 Å². The summed E-state index contributed by atoms with van der Waals surface area (Å²) < 4.78 is 38.9. The number of aromatic nitrogens is 2. The van der Waals surface area contributed by atoms with Crippen LogP contribution in [0.15, 0.2) is 48.5 Å². The third kappa shape index (κ3) is 6.24. The molecule has 0 aliphatic rings. The predicted octanol–water partition coefficient (Wildman–Crippen LogP) is 6.28. The number of alkyl halides is 3. The number of urea groups is 1. The molecule has 2 amide bonds. The van der Waals surface area contributed by atoms with Gasteiger partial charge in [0.05, 0.1) is 10.6 Å². The smallest absolute Gasteiger partial charge is 0.354 e. The lowest BCUT2D eigenvalue weighted by Gasteiger charge is -2.13. The molecule has 0 saturated carbocycles. The highest BCUT2D eigenvalue weighted by Crippen LogP contribution is 2.36. The molecular formula is C21H20ClF3N6O. The van der Waals surface area contributed by atoms with Crippen molar-refractivity contribution >= 4 is 46.5 Å². The number of rotatable bonds is 6. The molecule has 3 rings (SSSR count). The number of anilines is 5. The monoisotopic (exact) mass is 464 g/mol. The number of hydrogen-bond donors (Lipinski definition) is 4. The van der Waals surface area contributed by atoms with Crippen LogP contribution in [0.25, 0.3) is 0 Å². The molecule has 0 aliphatic carbocycles. The molecule has 0 radical (unpaired) electrons. The number of benzene rings is 2. The molecule has 0 spiro atoms. The maximum absolute atomic E-state index is 13.0. The van der Waals surface area contributed by atoms with Gasteiger partial charge in [0.2, 0.25) is 5.95 Å². The number of carbonyl (C=O) groups excluding carboxylic acids is 1.